The Bertz CT molecular complexity index is 1430. The summed E-state index contributed by atoms with van der Waals surface area (Å²) in [7, 11) is -2.43. The Hall–Kier alpha value is -3.77. The monoisotopic (exact) mass is 598 g/mol. The third kappa shape index (κ3) is 8.39. The van der Waals surface area contributed by atoms with E-state index in [0.717, 1.165) is 15.4 Å². The lowest BCUT2D eigenvalue weighted by molar-refractivity contribution is -0.146. The van der Waals surface area contributed by atoms with E-state index in [1.165, 1.54) is 31.4 Å². The van der Waals surface area contributed by atoms with E-state index in [2.05, 4.69) is 5.32 Å². The Morgan fingerprint density at radius 1 is 1.05 bits per heavy atom. The Balaban J connectivity index is 1.42. The molecule has 0 saturated heterocycles. The maximum Gasteiger partial charge on any atom is 0.286 e. The maximum absolute atomic E-state index is 13.6. The summed E-state index contributed by atoms with van der Waals surface area (Å²) >= 11 is 0. The fourth-order valence-corrected chi connectivity index (χ4v) is 5.97. The van der Waals surface area contributed by atoms with E-state index >= 15 is 0 Å². The number of aliphatic hydroxyl groups is 1. The molecule has 2 N–H and O–H groups in total. The van der Waals surface area contributed by atoms with Gasteiger partial charge in [0.1, 0.15) is 11.6 Å². The number of hydrogen-bond acceptors (Lipinski definition) is 7. The van der Waals surface area contributed by atoms with Crippen LogP contribution in [0.3, 0.4) is 0 Å². The summed E-state index contributed by atoms with van der Waals surface area (Å²) in [5, 5.41) is 12.4. The number of nitrogens with one attached hydrogen (secondary N) is 1. The number of allylic oxidation sites excluding steroid dienone is 1. The van der Waals surface area contributed by atoms with Gasteiger partial charge in [0, 0.05) is 32.0 Å². The van der Waals surface area contributed by atoms with Gasteiger partial charge in [-0.25, -0.2) is 12.8 Å². The van der Waals surface area contributed by atoms with Crippen molar-refractivity contribution in [3.8, 4) is 5.75 Å². The number of aliphatic hydroxyl groups excluding tert-OH is 1. The van der Waals surface area contributed by atoms with Crippen molar-refractivity contribution < 1.29 is 36.9 Å². The van der Waals surface area contributed by atoms with E-state index in [1.54, 1.807) is 30.3 Å². The second-order valence-corrected chi connectivity index (χ2v) is 11.6. The molecule has 224 valence electrons. The zero-order valence-electron chi connectivity index (χ0n) is 23.3. The number of rotatable bonds is 14. The summed E-state index contributed by atoms with van der Waals surface area (Å²) in [5.74, 6) is -0.481. The molecule has 0 aromatic heterocycles. The predicted octanol–water partition coefficient (Wildman–Crippen LogP) is 3.61. The highest BCUT2D eigenvalue weighted by Gasteiger charge is 2.30. The molecule has 1 amide bonds. The Morgan fingerprint density at radius 3 is 2.43 bits per heavy atom. The van der Waals surface area contributed by atoms with E-state index < -0.39 is 22.2 Å². The zero-order chi connectivity index (χ0) is 30.0. The number of hydrogen-bond donors (Lipinski definition) is 2. The first kappa shape index (κ1) is 31.2. The molecule has 1 aliphatic rings. The normalized spacial score (nSPS) is 16.9. The first-order chi connectivity index (χ1) is 20.3. The molecule has 1 heterocycles. The van der Waals surface area contributed by atoms with E-state index in [0.29, 0.717) is 25.1 Å². The highest BCUT2D eigenvalue weighted by molar-refractivity contribution is 7.89. The second kappa shape index (κ2) is 14.9. The van der Waals surface area contributed by atoms with Crippen molar-refractivity contribution in [1.29, 1.82) is 0 Å². The molecule has 0 saturated carbocycles. The van der Waals surface area contributed by atoms with Gasteiger partial charge in [0.05, 0.1) is 25.2 Å². The minimum absolute atomic E-state index is 0.0550. The fraction of sp³-hybridized carbons (Fsp3) is 0.323. The van der Waals surface area contributed by atoms with Crippen molar-refractivity contribution in [3.63, 3.8) is 0 Å². The second-order valence-electron chi connectivity index (χ2n) is 9.64. The molecule has 0 aliphatic carbocycles. The maximum atomic E-state index is 13.6. The minimum atomic E-state index is -3.92. The molecular weight excluding hydrogens is 563 g/mol. The topological polar surface area (TPSA) is 114 Å². The lowest BCUT2D eigenvalue weighted by Gasteiger charge is -2.30. The smallest absolute Gasteiger partial charge is 0.286 e. The molecule has 2 atom stereocenters. The van der Waals surface area contributed by atoms with Crippen LogP contribution in [-0.2, 0) is 30.7 Å². The lowest BCUT2D eigenvalue weighted by Crippen LogP contribution is -2.38. The molecule has 3 aromatic carbocycles. The van der Waals surface area contributed by atoms with Crippen LogP contribution in [0.25, 0.3) is 0 Å². The van der Waals surface area contributed by atoms with Gasteiger partial charge in [0.15, 0.2) is 5.76 Å². The van der Waals surface area contributed by atoms with E-state index in [-0.39, 0.29) is 48.7 Å². The molecule has 3 aromatic rings. The molecule has 4 rings (SSSR count). The average Bonchev–Trinajstić information content (AvgIpc) is 3.01. The summed E-state index contributed by atoms with van der Waals surface area (Å²) in [6, 6.07) is 21.7. The van der Waals surface area contributed by atoms with E-state index in [4.69, 9.17) is 14.2 Å². The third-order valence-electron chi connectivity index (χ3n) is 6.81. The number of amides is 1. The van der Waals surface area contributed by atoms with Crippen molar-refractivity contribution in [2.75, 3.05) is 40.0 Å². The quantitative estimate of drug-likeness (QED) is 0.292. The van der Waals surface area contributed by atoms with Crippen LogP contribution in [0.2, 0.25) is 0 Å². The SMILES string of the molecule is COc1ccc(S(=O)(=O)N(CCO)CCO[C@H]2C[C@@H](c3ccc(F)cc3)C=C(C(=O)NCCc3ccccc3)O2)cc1. The van der Waals surface area contributed by atoms with Gasteiger partial charge in [-0.3, -0.25) is 4.79 Å². The third-order valence-corrected chi connectivity index (χ3v) is 8.73. The van der Waals surface area contributed by atoms with Crippen molar-refractivity contribution in [2.24, 2.45) is 0 Å². The van der Waals surface area contributed by atoms with Gasteiger partial charge in [0.2, 0.25) is 16.3 Å². The molecule has 0 spiro atoms. The Kier molecular flexibility index (Phi) is 11.1. The van der Waals surface area contributed by atoms with Gasteiger partial charge in [-0.15, -0.1) is 0 Å². The lowest BCUT2D eigenvalue weighted by atomic mass is 9.93. The van der Waals surface area contributed by atoms with Gasteiger partial charge >= 0.3 is 0 Å². The van der Waals surface area contributed by atoms with Crippen LogP contribution in [0, 0.1) is 5.82 Å². The molecule has 0 bridgehead atoms. The number of nitrogens with zero attached hydrogens (tertiary/aromatic N) is 1. The van der Waals surface area contributed by atoms with Crippen LogP contribution in [0.1, 0.15) is 23.5 Å². The molecular formula is C31H35FN2O7S. The first-order valence-electron chi connectivity index (χ1n) is 13.6. The molecule has 0 radical (unpaired) electrons. The van der Waals surface area contributed by atoms with Crippen LogP contribution < -0.4 is 10.1 Å². The number of benzene rings is 3. The van der Waals surface area contributed by atoms with Crippen molar-refractivity contribution in [2.45, 2.75) is 29.9 Å². The number of ether oxygens (including phenoxy) is 3. The van der Waals surface area contributed by atoms with E-state index in [9.17, 15) is 22.7 Å². The number of methoxy groups -OCH3 is 1. The summed E-state index contributed by atoms with van der Waals surface area (Å²) in [4.78, 5) is 13.1. The Morgan fingerprint density at radius 2 is 1.76 bits per heavy atom. The molecule has 42 heavy (non-hydrogen) atoms. The number of carbonyl (C=O) groups is 1. The average molecular weight is 599 g/mol. The molecule has 1 aliphatic heterocycles. The van der Waals surface area contributed by atoms with Gasteiger partial charge in [-0.1, -0.05) is 42.5 Å². The van der Waals surface area contributed by atoms with Crippen LogP contribution in [-0.4, -0.2) is 70.0 Å². The molecule has 11 heteroatoms. The van der Waals surface area contributed by atoms with Gasteiger partial charge in [-0.2, -0.15) is 4.31 Å². The van der Waals surface area contributed by atoms with Crippen LogP contribution >= 0.6 is 0 Å². The van der Waals surface area contributed by atoms with E-state index in [1.807, 2.05) is 30.3 Å². The van der Waals surface area contributed by atoms with Crippen molar-refractivity contribution >= 4 is 15.9 Å². The first-order valence-corrected chi connectivity index (χ1v) is 15.1. The highest BCUT2D eigenvalue weighted by Crippen LogP contribution is 2.31. The zero-order valence-corrected chi connectivity index (χ0v) is 24.1. The predicted molar refractivity (Wildman–Crippen MR) is 155 cm³/mol. The molecule has 9 nitrogen and oxygen atoms in total. The summed E-state index contributed by atoms with van der Waals surface area (Å²) in [5.41, 5.74) is 1.87. The Labute approximate surface area is 245 Å². The molecule has 0 fully saturated rings. The van der Waals surface area contributed by atoms with Gasteiger partial charge < -0.3 is 24.6 Å². The summed E-state index contributed by atoms with van der Waals surface area (Å²) in [6.07, 6.45) is 1.80. The summed E-state index contributed by atoms with van der Waals surface area (Å²) in [6.45, 7) is -0.221. The highest BCUT2D eigenvalue weighted by atomic mass is 32.2. The van der Waals surface area contributed by atoms with Crippen molar-refractivity contribution in [3.05, 3.63) is 108 Å². The fourth-order valence-electron chi connectivity index (χ4n) is 4.56. The van der Waals surface area contributed by atoms with Gasteiger partial charge in [0.25, 0.3) is 5.91 Å². The number of sulfonamides is 1. The standard InChI is InChI=1S/C31H35FN2O7S/c1-39-27-11-13-28(14-12-27)42(37,38)34(17-19-35)18-20-40-30-22-25(24-7-9-26(32)10-8-24)21-29(41-30)31(36)33-16-15-23-5-3-2-4-6-23/h2-14,21,25,30,35H,15-20,22H2,1H3,(H,33,36)/t25-,30+/m0/s1. The van der Waals surface area contributed by atoms with Gasteiger partial charge in [-0.05, 0) is 60.0 Å². The van der Waals surface area contributed by atoms with Crippen LogP contribution in [0.4, 0.5) is 4.39 Å². The largest absolute Gasteiger partial charge is 0.497 e. The number of carbonyl (C=O) groups excluding carboxylic acids is 1. The van der Waals surface area contributed by atoms with Crippen molar-refractivity contribution in [1.82, 2.24) is 9.62 Å². The minimum Gasteiger partial charge on any atom is -0.497 e. The molecule has 0 unspecified atom stereocenters. The number of halogens is 1. The summed E-state index contributed by atoms with van der Waals surface area (Å²) < 4.78 is 58.0. The van der Waals surface area contributed by atoms with Crippen LogP contribution in [0.15, 0.2) is 95.6 Å². The van der Waals surface area contributed by atoms with Crippen LogP contribution in [0.5, 0.6) is 5.75 Å².